The van der Waals surface area contributed by atoms with Crippen LogP contribution in [0.4, 0.5) is 0 Å². The number of rotatable bonds is 5. The quantitative estimate of drug-likeness (QED) is 0.774. The molecule has 1 aliphatic carbocycles. The van der Waals surface area contributed by atoms with Crippen LogP contribution in [0.25, 0.3) is 0 Å². The van der Waals surface area contributed by atoms with Crippen LogP contribution in [0.1, 0.15) is 52.9 Å². The van der Waals surface area contributed by atoms with E-state index in [1.165, 1.54) is 0 Å². The summed E-state index contributed by atoms with van der Waals surface area (Å²) in [6.45, 7) is 7.36. The number of carbonyl (C=O) groups is 1. The van der Waals surface area contributed by atoms with Gasteiger partial charge >= 0.3 is 0 Å². The number of nitrogens with two attached hydrogens (primary N) is 1. The lowest BCUT2D eigenvalue weighted by molar-refractivity contribution is -0.126. The van der Waals surface area contributed by atoms with Gasteiger partial charge in [0.1, 0.15) is 0 Å². The van der Waals surface area contributed by atoms with Crippen molar-refractivity contribution in [1.82, 2.24) is 5.32 Å². The highest BCUT2D eigenvalue weighted by Gasteiger charge is 2.29. The topological polar surface area (TPSA) is 55.1 Å². The van der Waals surface area contributed by atoms with E-state index in [2.05, 4.69) is 26.1 Å². The van der Waals surface area contributed by atoms with E-state index in [1.807, 2.05) is 0 Å². The van der Waals surface area contributed by atoms with Gasteiger partial charge in [-0.3, -0.25) is 4.79 Å². The Kier molecular flexibility index (Phi) is 5.96. The van der Waals surface area contributed by atoms with Gasteiger partial charge in [0, 0.05) is 18.5 Å². The van der Waals surface area contributed by atoms with Crippen LogP contribution >= 0.6 is 0 Å². The first-order chi connectivity index (χ1) is 8.08. The van der Waals surface area contributed by atoms with Gasteiger partial charge in [-0.25, -0.2) is 0 Å². The van der Waals surface area contributed by atoms with Crippen molar-refractivity contribution in [3.8, 4) is 0 Å². The summed E-state index contributed by atoms with van der Waals surface area (Å²) in [7, 11) is 0. The molecule has 1 amide bonds. The average molecular weight is 240 g/mol. The summed E-state index contributed by atoms with van der Waals surface area (Å²) in [4.78, 5) is 12.0. The van der Waals surface area contributed by atoms with Gasteiger partial charge in [0.15, 0.2) is 0 Å². The van der Waals surface area contributed by atoms with E-state index in [0.717, 1.165) is 38.6 Å². The second-order valence-electron chi connectivity index (χ2n) is 5.58. The van der Waals surface area contributed by atoms with Crippen LogP contribution in [0, 0.1) is 17.8 Å². The van der Waals surface area contributed by atoms with E-state index in [-0.39, 0.29) is 17.9 Å². The SMILES string of the molecule is CCC(CC)CNC(=O)C1CCC(N)C(C)C1. The smallest absolute Gasteiger partial charge is 0.223 e. The monoisotopic (exact) mass is 240 g/mol. The molecule has 3 unspecified atom stereocenters. The van der Waals surface area contributed by atoms with Gasteiger partial charge in [-0.05, 0) is 31.1 Å². The van der Waals surface area contributed by atoms with Crippen LogP contribution in [-0.2, 0) is 4.79 Å². The average Bonchev–Trinajstić information content (AvgIpc) is 2.33. The van der Waals surface area contributed by atoms with E-state index >= 15 is 0 Å². The maximum absolute atomic E-state index is 12.0. The van der Waals surface area contributed by atoms with Crippen LogP contribution in [0.2, 0.25) is 0 Å². The van der Waals surface area contributed by atoms with Crippen molar-refractivity contribution < 1.29 is 4.79 Å². The standard InChI is InChI=1S/C14H28N2O/c1-4-11(5-2)9-16-14(17)12-6-7-13(15)10(3)8-12/h10-13H,4-9,15H2,1-3H3,(H,16,17). The first-order valence-electron chi connectivity index (χ1n) is 7.11. The molecule has 3 atom stereocenters. The molecular formula is C14H28N2O. The minimum atomic E-state index is 0.194. The summed E-state index contributed by atoms with van der Waals surface area (Å²) < 4.78 is 0. The highest BCUT2D eigenvalue weighted by Crippen LogP contribution is 2.28. The molecule has 1 rings (SSSR count). The van der Waals surface area contributed by atoms with E-state index in [9.17, 15) is 4.79 Å². The summed E-state index contributed by atoms with van der Waals surface area (Å²) >= 11 is 0. The maximum Gasteiger partial charge on any atom is 0.223 e. The predicted octanol–water partition coefficient (Wildman–Crippen LogP) is 2.30. The van der Waals surface area contributed by atoms with Crippen LogP contribution in [-0.4, -0.2) is 18.5 Å². The Morgan fingerprint density at radius 3 is 2.53 bits per heavy atom. The molecule has 0 aromatic heterocycles. The molecule has 0 spiro atoms. The normalized spacial score (nSPS) is 29.4. The Labute approximate surface area is 106 Å². The number of amides is 1. The lowest BCUT2D eigenvalue weighted by atomic mass is 9.79. The highest BCUT2D eigenvalue weighted by molar-refractivity contribution is 5.78. The molecule has 1 fully saturated rings. The number of carbonyl (C=O) groups excluding carboxylic acids is 1. The molecule has 1 saturated carbocycles. The molecule has 3 heteroatoms. The molecule has 0 bridgehead atoms. The lowest BCUT2D eigenvalue weighted by Crippen LogP contribution is -2.41. The molecule has 0 aromatic carbocycles. The largest absolute Gasteiger partial charge is 0.356 e. The first kappa shape index (κ1) is 14.5. The fraction of sp³-hybridized carbons (Fsp3) is 0.929. The Hall–Kier alpha value is -0.570. The Morgan fingerprint density at radius 2 is 2.00 bits per heavy atom. The van der Waals surface area contributed by atoms with Gasteiger partial charge in [0.25, 0.3) is 0 Å². The van der Waals surface area contributed by atoms with Crippen molar-refractivity contribution in [2.45, 2.75) is 58.9 Å². The summed E-state index contributed by atoms with van der Waals surface area (Å²) in [5, 5.41) is 3.11. The predicted molar refractivity (Wildman–Crippen MR) is 71.6 cm³/mol. The molecule has 1 aliphatic rings. The van der Waals surface area contributed by atoms with Crippen molar-refractivity contribution in [2.75, 3.05) is 6.54 Å². The fourth-order valence-corrected chi connectivity index (χ4v) is 2.62. The molecule has 0 saturated heterocycles. The summed E-state index contributed by atoms with van der Waals surface area (Å²) in [6, 6.07) is 0.290. The van der Waals surface area contributed by atoms with Crippen molar-refractivity contribution >= 4 is 5.91 Å². The summed E-state index contributed by atoms with van der Waals surface area (Å²) in [5.41, 5.74) is 5.97. The van der Waals surface area contributed by atoms with Gasteiger partial charge in [0.05, 0.1) is 0 Å². The molecule has 0 aliphatic heterocycles. The Balaban J connectivity index is 2.33. The molecule has 0 aromatic rings. The van der Waals surface area contributed by atoms with E-state index < -0.39 is 0 Å². The van der Waals surface area contributed by atoms with E-state index in [0.29, 0.717) is 11.8 Å². The summed E-state index contributed by atoms with van der Waals surface area (Å²) in [5.74, 6) is 1.55. The van der Waals surface area contributed by atoms with Crippen LogP contribution in [0.15, 0.2) is 0 Å². The number of hydrogen-bond acceptors (Lipinski definition) is 2. The van der Waals surface area contributed by atoms with Gasteiger partial charge in [-0.1, -0.05) is 33.6 Å². The van der Waals surface area contributed by atoms with Crippen molar-refractivity contribution in [3.05, 3.63) is 0 Å². The van der Waals surface area contributed by atoms with Crippen molar-refractivity contribution in [3.63, 3.8) is 0 Å². The van der Waals surface area contributed by atoms with Gasteiger partial charge < -0.3 is 11.1 Å². The van der Waals surface area contributed by atoms with E-state index in [4.69, 9.17) is 5.73 Å². The Bertz CT molecular complexity index is 238. The maximum atomic E-state index is 12.0. The molecule has 100 valence electrons. The van der Waals surface area contributed by atoms with Gasteiger partial charge in [-0.2, -0.15) is 0 Å². The highest BCUT2D eigenvalue weighted by atomic mass is 16.1. The third kappa shape index (κ3) is 4.30. The third-order valence-corrected chi connectivity index (χ3v) is 4.33. The first-order valence-corrected chi connectivity index (χ1v) is 7.11. The molecule has 17 heavy (non-hydrogen) atoms. The number of hydrogen-bond donors (Lipinski definition) is 2. The summed E-state index contributed by atoms with van der Waals surface area (Å²) in [6.07, 6.45) is 5.19. The molecular weight excluding hydrogens is 212 g/mol. The van der Waals surface area contributed by atoms with Crippen LogP contribution in [0.3, 0.4) is 0 Å². The zero-order valence-corrected chi connectivity index (χ0v) is 11.5. The van der Waals surface area contributed by atoms with Crippen LogP contribution in [0.5, 0.6) is 0 Å². The minimum Gasteiger partial charge on any atom is -0.356 e. The van der Waals surface area contributed by atoms with Gasteiger partial charge in [0.2, 0.25) is 5.91 Å². The zero-order chi connectivity index (χ0) is 12.8. The van der Waals surface area contributed by atoms with Crippen molar-refractivity contribution in [1.29, 1.82) is 0 Å². The third-order valence-electron chi connectivity index (χ3n) is 4.33. The second kappa shape index (κ2) is 7.00. The van der Waals surface area contributed by atoms with Crippen LogP contribution < -0.4 is 11.1 Å². The molecule has 0 heterocycles. The Morgan fingerprint density at radius 1 is 1.35 bits per heavy atom. The number of nitrogens with one attached hydrogen (secondary N) is 1. The lowest BCUT2D eigenvalue weighted by Gasteiger charge is -2.31. The molecule has 0 radical (unpaired) electrons. The molecule has 3 nitrogen and oxygen atoms in total. The van der Waals surface area contributed by atoms with Gasteiger partial charge in [-0.15, -0.1) is 0 Å². The van der Waals surface area contributed by atoms with E-state index in [1.54, 1.807) is 0 Å². The fourth-order valence-electron chi connectivity index (χ4n) is 2.62. The zero-order valence-electron chi connectivity index (χ0n) is 11.5. The van der Waals surface area contributed by atoms with Crippen molar-refractivity contribution in [2.24, 2.45) is 23.5 Å². The molecule has 3 N–H and O–H groups in total. The second-order valence-corrected chi connectivity index (χ2v) is 5.58. The minimum absolute atomic E-state index is 0.194.